The van der Waals surface area contributed by atoms with E-state index in [0.29, 0.717) is 10.1 Å². The number of hydrogen-bond acceptors (Lipinski definition) is 4. The van der Waals surface area contributed by atoms with Gasteiger partial charge in [0.05, 0.1) is 0 Å². The molecule has 0 saturated heterocycles. The number of nitrogens with two attached hydrogens (primary N) is 1. The van der Waals surface area contributed by atoms with Gasteiger partial charge in [-0.2, -0.15) is 5.10 Å². The third-order valence-electron chi connectivity index (χ3n) is 1.52. The van der Waals surface area contributed by atoms with Crippen molar-refractivity contribution in [1.82, 2.24) is 14.6 Å². The van der Waals surface area contributed by atoms with Crippen LogP contribution in [0.2, 0.25) is 0 Å². The molecule has 0 radical (unpaired) electrons. The van der Waals surface area contributed by atoms with Gasteiger partial charge in [-0.05, 0) is 15.9 Å². The molecule has 0 aliphatic rings. The highest BCUT2D eigenvalue weighted by Gasteiger charge is 2.09. The maximum absolute atomic E-state index is 9.36. The van der Waals surface area contributed by atoms with E-state index >= 15 is 0 Å². The summed E-state index contributed by atoms with van der Waals surface area (Å²) >= 11 is 3.21. The van der Waals surface area contributed by atoms with Gasteiger partial charge >= 0.3 is 0 Å². The monoisotopic (exact) mass is 228 g/mol. The molecule has 62 valence electrons. The number of nitrogen functional groups attached to an aromatic ring is 1. The summed E-state index contributed by atoms with van der Waals surface area (Å²) in [4.78, 5) is 3.75. The van der Waals surface area contributed by atoms with Crippen molar-refractivity contribution in [2.75, 3.05) is 5.73 Å². The summed E-state index contributed by atoms with van der Waals surface area (Å²) < 4.78 is 2.11. The van der Waals surface area contributed by atoms with Crippen LogP contribution in [0, 0.1) is 0 Å². The quantitative estimate of drug-likeness (QED) is 0.699. The van der Waals surface area contributed by atoms with Crippen LogP contribution in [0.1, 0.15) is 0 Å². The van der Waals surface area contributed by atoms with Crippen LogP contribution in [-0.2, 0) is 0 Å². The van der Waals surface area contributed by atoms with Crippen LogP contribution >= 0.6 is 15.9 Å². The van der Waals surface area contributed by atoms with Crippen molar-refractivity contribution in [3.63, 3.8) is 0 Å². The average molecular weight is 229 g/mol. The molecule has 2 aromatic heterocycles. The van der Waals surface area contributed by atoms with E-state index in [1.807, 2.05) is 0 Å². The third-order valence-corrected chi connectivity index (χ3v) is 2.08. The highest BCUT2D eigenvalue weighted by molar-refractivity contribution is 9.10. The molecule has 0 aliphatic carbocycles. The maximum atomic E-state index is 9.36. The lowest BCUT2D eigenvalue weighted by atomic mass is 10.4. The Hall–Kier alpha value is -1.30. The van der Waals surface area contributed by atoms with Crippen LogP contribution in [0.3, 0.4) is 0 Å². The summed E-state index contributed by atoms with van der Waals surface area (Å²) in [6.07, 6.45) is 1.33. The predicted molar refractivity (Wildman–Crippen MR) is 46.8 cm³/mol. The first kappa shape index (κ1) is 7.35. The van der Waals surface area contributed by atoms with Crippen LogP contribution in [0.25, 0.3) is 5.52 Å². The van der Waals surface area contributed by atoms with E-state index in [9.17, 15) is 5.11 Å². The largest absolute Gasteiger partial charge is 0.505 e. The van der Waals surface area contributed by atoms with Crippen molar-refractivity contribution in [3.8, 4) is 5.75 Å². The minimum Gasteiger partial charge on any atom is -0.505 e. The molecule has 0 saturated carbocycles. The zero-order valence-corrected chi connectivity index (χ0v) is 7.48. The number of nitrogens with zero attached hydrogens (tertiary/aromatic N) is 3. The van der Waals surface area contributed by atoms with Gasteiger partial charge in [-0.15, -0.1) is 0 Å². The molecule has 0 aliphatic heterocycles. The Morgan fingerprint density at radius 2 is 2.33 bits per heavy atom. The molecule has 12 heavy (non-hydrogen) atoms. The maximum Gasteiger partial charge on any atom is 0.155 e. The van der Waals surface area contributed by atoms with Crippen molar-refractivity contribution in [2.45, 2.75) is 0 Å². The summed E-state index contributed by atoms with van der Waals surface area (Å²) in [7, 11) is 0. The first-order valence-electron chi connectivity index (χ1n) is 3.17. The van der Waals surface area contributed by atoms with Gasteiger partial charge in [0.25, 0.3) is 0 Å². The van der Waals surface area contributed by atoms with Gasteiger partial charge in [0, 0.05) is 6.07 Å². The minimum absolute atomic E-state index is 0.0694. The Labute approximate surface area is 76.0 Å². The van der Waals surface area contributed by atoms with Gasteiger partial charge in [-0.25, -0.2) is 9.50 Å². The van der Waals surface area contributed by atoms with Gasteiger partial charge in [0.2, 0.25) is 0 Å². The molecule has 0 aromatic carbocycles. The SMILES string of the molecule is Nc1ncnn2c(Br)cc(O)c12. The van der Waals surface area contributed by atoms with Crippen LogP contribution in [0.4, 0.5) is 5.82 Å². The van der Waals surface area contributed by atoms with E-state index in [1.165, 1.54) is 16.9 Å². The fraction of sp³-hybridized carbons (Fsp3) is 0. The molecule has 2 aromatic rings. The van der Waals surface area contributed by atoms with E-state index in [0.717, 1.165) is 0 Å². The van der Waals surface area contributed by atoms with Gasteiger partial charge in [-0.3, -0.25) is 0 Å². The number of aromatic hydroxyl groups is 1. The van der Waals surface area contributed by atoms with E-state index in [1.54, 1.807) is 0 Å². The Kier molecular flexibility index (Phi) is 1.44. The Morgan fingerprint density at radius 3 is 3.00 bits per heavy atom. The number of aromatic nitrogens is 3. The zero-order valence-electron chi connectivity index (χ0n) is 5.90. The van der Waals surface area contributed by atoms with Crippen molar-refractivity contribution in [3.05, 3.63) is 17.0 Å². The molecule has 0 unspecified atom stereocenters. The third kappa shape index (κ3) is 0.845. The molecule has 6 heteroatoms. The highest BCUT2D eigenvalue weighted by Crippen LogP contribution is 2.28. The standard InChI is InChI=1S/C6H5BrN4O/c7-4-1-3(12)5-6(8)9-2-10-11(4)5/h1-2,12H,(H2,8,9,10). The zero-order chi connectivity index (χ0) is 8.72. The van der Waals surface area contributed by atoms with Crippen molar-refractivity contribution >= 4 is 27.3 Å². The number of rotatable bonds is 0. The summed E-state index contributed by atoms with van der Waals surface area (Å²) in [6, 6.07) is 1.51. The van der Waals surface area contributed by atoms with E-state index < -0.39 is 0 Å². The lowest BCUT2D eigenvalue weighted by molar-refractivity contribution is 0.481. The molecule has 0 spiro atoms. The minimum atomic E-state index is 0.0694. The smallest absolute Gasteiger partial charge is 0.155 e. The molecule has 0 amide bonds. The molecular formula is C6H5BrN4O. The summed E-state index contributed by atoms with van der Waals surface area (Å²) in [5, 5.41) is 13.2. The van der Waals surface area contributed by atoms with E-state index in [-0.39, 0.29) is 11.6 Å². The fourth-order valence-electron chi connectivity index (χ4n) is 1.01. The van der Waals surface area contributed by atoms with Gasteiger partial charge in [0.15, 0.2) is 5.82 Å². The molecule has 0 bridgehead atoms. The Morgan fingerprint density at radius 1 is 1.58 bits per heavy atom. The van der Waals surface area contributed by atoms with E-state index in [2.05, 4.69) is 26.0 Å². The second-order valence-corrected chi connectivity index (χ2v) is 3.07. The van der Waals surface area contributed by atoms with Crippen molar-refractivity contribution in [1.29, 1.82) is 0 Å². The normalized spacial score (nSPS) is 10.8. The summed E-state index contributed by atoms with van der Waals surface area (Å²) in [5.74, 6) is 0.327. The molecule has 0 fully saturated rings. The first-order chi connectivity index (χ1) is 5.70. The average Bonchev–Trinajstić information content (AvgIpc) is 2.29. The fourth-order valence-corrected chi connectivity index (χ4v) is 1.50. The second-order valence-electron chi connectivity index (χ2n) is 2.26. The number of halogens is 1. The predicted octanol–water partition coefficient (Wildman–Crippen LogP) is 0.780. The van der Waals surface area contributed by atoms with Gasteiger partial charge < -0.3 is 10.8 Å². The van der Waals surface area contributed by atoms with Crippen molar-refractivity contribution in [2.24, 2.45) is 0 Å². The highest BCUT2D eigenvalue weighted by atomic mass is 79.9. The molecule has 2 heterocycles. The number of fused-ring (bicyclic) bond motifs is 1. The van der Waals surface area contributed by atoms with Crippen LogP contribution in [0.15, 0.2) is 17.0 Å². The topological polar surface area (TPSA) is 76.4 Å². The lowest BCUT2D eigenvalue weighted by Crippen LogP contribution is -1.98. The van der Waals surface area contributed by atoms with Crippen LogP contribution < -0.4 is 5.73 Å². The van der Waals surface area contributed by atoms with Crippen LogP contribution in [0.5, 0.6) is 5.75 Å². The molecular weight excluding hydrogens is 224 g/mol. The molecule has 3 N–H and O–H groups in total. The molecule has 2 rings (SSSR count). The Balaban J connectivity index is 2.99. The molecule has 0 atom stereocenters. The van der Waals surface area contributed by atoms with Gasteiger partial charge in [0.1, 0.15) is 22.2 Å². The molecule has 5 nitrogen and oxygen atoms in total. The van der Waals surface area contributed by atoms with Crippen LogP contribution in [-0.4, -0.2) is 19.7 Å². The van der Waals surface area contributed by atoms with Gasteiger partial charge in [-0.1, -0.05) is 0 Å². The number of hydrogen-bond donors (Lipinski definition) is 2. The summed E-state index contributed by atoms with van der Waals surface area (Å²) in [5.41, 5.74) is 5.94. The summed E-state index contributed by atoms with van der Waals surface area (Å²) in [6.45, 7) is 0. The Bertz CT molecular complexity index is 438. The lowest BCUT2D eigenvalue weighted by Gasteiger charge is -1.96. The number of anilines is 1. The van der Waals surface area contributed by atoms with Crippen molar-refractivity contribution < 1.29 is 5.11 Å². The van der Waals surface area contributed by atoms with E-state index in [4.69, 9.17) is 5.73 Å². The first-order valence-corrected chi connectivity index (χ1v) is 3.96. The second kappa shape index (κ2) is 2.34.